The minimum absolute atomic E-state index is 0.142. The molecular formula is C18H18F3N3O. The van der Waals surface area contributed by atoms with Crippen LogP contribution in [0.4, 0.5) is 24.5 Å². The monoisotopic (exact) mass is 349 g/mol. The molecule has 0 bridgehead atoms. The van der Waals surface area contributed by atoms with Crippen molar-refractivity contribution in [2.24, 2.45) is 5.92 Å². The van der Waals surface area contributed by atoms with Crippen LogP contribution in [0.25, 0.3) is 0 Å². The van der Waals surface area contributed by atoms with E-state index in [-0.39, 0.29) is 11.6 Å². The zero-order chi connectivity index (χ0) is 18.0. The molecule has 1 aliphatic rings. The molecule has 1 saturated heterocycles. The van der Waals surface area contributed by atoms with E-state index in [9.17, 15) is 18.0 Å². The van der Waals surface area contributed by atoms with Gasteiger partial charge in [0.1, 0.15) is 5.69 Å². The van der Waals surface area contributed by atoms with Crippen molar-refractivity contribution in [1.82, 2.24) is 9.88 Å². The average molecular weight is 349 g/mol. The van der Waals surface area contributed by atoms with Gasteiger partial charge in [0.25, 0.3) is 5.91 Å². The number of nitrogens with zero attached hydrogens (tertiary/aromatic N) is 2. The van der Waals surface area contributed by atoms with Crippen LogP contribution in [-0.2, 0) is 0 Å². The summed E-state index contributed by atoms with van der Waals surface area (Å²) in [7, 11) is 0. The molecule has 7 heteroatoms. The predicted octanol–water partition coefficient (Wildman–Crippen LogP) is 4.11. The van der Waals surface area contributed by atoms with E-state index in [1.165, 1.54) is 12.3 Å². The van der Waals surface area contributed by atoms with Crippen LogP contribution in [0.15, 0.2) is 30.5 Å². The molecule has 0 saturated carbocycles. The Hall–Kier alpha value is -2.57. The molecule has 1 aliphatic heterocycles. The molecule has 4 nitrogen and oxygen atoms in total. The second-order valence-corrected chi connectivity index (χ2v) is 6.28. The summed E-state index contributed by atoms with van der Waals surface area (Å²) >= 11 is 0. The zero-order valence-corrected chi connectivity index (χ0v) is 13.7. The maximum atomic E-state index is 13.7. The van der Waals surface area contributed by atoms with Gasteiger partial charge in [-0.25, -0.2) is 18.2 Å². The number of rotatable bonds is 3. The van der Waals surface area contributed by atoms with E-state index in [0.717, 1.165) is 25.0 Å². The lowest BCUT2D eigenvalue weighted by molar-refractivity contribution is 0.0677. The average Bonchev–Trinajstić information content (AvgIpc) is 2.62. The van der Waals surface area contributed by atoms with E-state index in [1.807, 2.05) is 0 Å². The first kappa shape index (κ1) is 17.3. The number of carbonyl (C=O) groups is 1. The van der Waals surface area contributed by atoms with Gasteiger partial charge >= 0.3 is 0 Å². The fourth-order valence-corrected chi connectivity index (χ4v) is 2.91. The lowest BCUT2D eigenvalue weighted by atomic mass is 10.00. The van der Waals surface area contributed by atoms with Gasteiger partial charge in [0.15, 0.2) is 17.5 Å². The summed E-state index contributed by atoms with van der Waals surface area (Å²) in [6.45, 7) is 3.53. The number of carbonyl (C=O) groups excluding carboxylic acids is 1. The van der Waals surface area contributed by atoms with E-state index in [0.29, 0.717) is 30.4 Å². The molecule has 0 aliphatic carbocycles. The molecule has 1 N–H and O–H groups in total. The first-order chi connectivity index (χ1) is 12.0. The number of hydrogen-bond acceptors (Lipinski definition) is 3. The molecule has 1 unspecified atom stereocenters. The third-order valence-electron chi connectivity index (χ3n) is 4.24. The normalized spacial score (nSPS) is 17.4. The molecule has 2 heterocycles. The minimum atomic E-state index is -1.54. The fourth-order valence-electron chi connectivity index (χ4n) is 2.91. The number of amides is 1. The molecule has 0 spiro atoms. The second kappa shape index (κ2) is 7.13. The Morgan fingerprint density at radius 1 is 1.20 bits per heavy atom. The lowest BCUT2D eigenvalue weighted by Crippen LogP contribution is -2.39. The Labute approximate surface area is 143 Å². The van der Waals surface area contributed by atoms with Gasteiger partial charge in [0, 0.05) is 13.1 Å². The van der Waals surface area contributed by atoms with E-state index in [4.69, 9.17) is 0 Å². The van der Waals surface area contributed by atoms with Gasteiger partial charge in [-0.1, -0.05) is 6.92 Å². The number of pyridine rings is 1. The van der Waals surface area contributed by atoms with Crippen LogP contribution in [0.3, 0.4) is 0 Å². The van der Waals surface area contributed by atoms with Crippen molar-refractivity contribution in [3.8, 4) is 0 Å². The van der Waals surface area contributed by atoms with Crippen molar-refractivity contribution < 1.29 is 18.0 Å². The van der Waals surface area contributed by atoms with Crippen LogP contribution in [0.5, 0.6) is 0 Å². The maximum Gasteiger partial charge on any atom is 0.272 e. The number of anilines is 2. The van der Waals surface area contributed by atoms with Crippen molar-refractivity contribution >= 4 is 17.3 Å². The highest BCUT2D eigenvalue weighted by molar-refractivity contribution is 5.92. The van der Waals surface area contributed by atoms with Gasteiger partial charge < -0.3 is 10.2 Å². The molecule has 1 aromatic carbocycles. The van der Waals surface area contributed by atoms with Crippen LogP contribution in [0.2, 0.25) is 0 Å². The third-order valence-corrected chi connectivity index (χ3v) is 4.24. The van der Waals surface area contributed by atoms with E-state index in [1.54, 1.807) is 11.0 Å². The molecule has 25 heavy (non-hydrogen) atoms. The summed E-state index contributed by atoms with van der Waals surface area (Å²) in [5.41, 5.74) is 0.462. The molecule has 132 valence electrons. The highest BCUT2D eigenvalue weighted by Gasteiger charge is 2.22. The number of halogens is 3. The SMILES string of the molecule is CC1CCCN(C(=O)c2ccc(Nc3ccc(F)c(F)c3F)cn2)C1. The van der Waals surface area contributed by atoms with E-state index < -0.39 is 17.5 Å². The number of nitrogens with one attached hydrogen (secondary N) is 1. The molecule has 1 atom stereocenters. The Bertz CT molecular complexity index is 780. The Kier molecular flexibility index (Phi) is 4.92. The molecular weight excluding hydrogens is 331 g/mol. The zero-order valence-electron chi connectivity index (χ0n) is 13.7. The minimum Gasteiger partial charge on any atom is -0.352 e. The van der Waals surface area contributed by atoms with Gasteiger partial charge in [-0.3, -0.25) is 4.79 Å². The van der Waals surface area contributed by atoms with E-state index in [2.05, 4.69) is 17.2 Å². The summed E-state index contributed by atoms with van der Waals surface area (Å²) in [6, 6.07) is 5.02. The largest absolute Gasteiger partial charge is 0.352 e. The smallest absolute Gasteiger partial charge is 0.272 e. The Morgan fingerprint density at radius 2 is 2.00 bits per heavy atom. The highest BCUT2D eigenvalue weighted by atomic mass is 19.2. The lowest BCUT2D eigenvalue weighted by Gasteiger charge is -2.30. The first-order valence-corrected chi connectivity index (χ1v) is 8.11. The standard InChI is InChI=1S/C18H18F3N3O/c1-11-3-2-8-24(10-11)18(25)15-6-4-12(9-22-15)23-14-7-5-13(19)16(20)17(14)21/h4-7,9,11,23H,2-3,8,10H2,1H3. The number of piperidine rings is 1. The van der Waals surface area contributed by atoms with Crippen molar-refractivity contribution in [3.05, 3.63) is 53.6 Å². The number of hydrogen-bond donors (Lipinski definition) is 1. The summed E-state index contributed by atoms with van der Waals surface area (Å²) in [4.78, 5) is 18.3. The summed E-state index contributed by atoms with van der Waals surface area (Å²) in [5.74, 6) is -3.77. The second-order valence-electron chi connectivity index (χ2n) is 6.28. The van der Waals surface area contributed by atoms with Gasteiger partial charge in [-0.2, -0.15) is 0 Å². The maximum absolute atomic E-state index is 13.7. The van der Waals surface area contributed by atoms with Gasteiger partial charge in [-0.15, -0.1) is 0 Å². The number of aromatic nitrogens is 1. The Morgan fingerprint density at radius 3 is 2.68 bits per heavy atom. The van der Waals surface area contributed by atoms with Crippen LogP contribution in [-0.4, -0.2) is 28.9 Å². The highest BCUT2D eigenvalue weighted by Crippen LogP contribution is 2.24. The van der Waals surface area contributed by atoms with E-state index >= 15 is 0 Å². The number of benzene rings is 1. The first-order valence-electron chi connectivity index (χ1n) is 8.11. The quantitative estimate of drug-likeness (QED) is 0.848. The van der Waals surface area contributed by atoms with Crippen LogP contribution in [0.1, 0.15) is 30.3 Å². The molecule has 1 aromatic heterocycles. The van der Waals surface area contributed by atoms with Crippen molar-refractivity contribution in [1.29, 1.82) is 0 Å². The molecule has 1 amide bonds. The third kappa shape index (κ3) is 3.75. The van der Waals surface area contributed by atoms with Gasteiger partial charge in [0.05, 0.1) is 17.6 Å². The molecule has 0 radical (unpaired) electrons. The van der Waals surface area contributed by atoms with Crippen LogP contribution < -0.4 is 5.32 Å². The fraction of sp³-hybridized carbons (Fsp3) is 0.333. The van der Waals surface area contributed by atoms with Gasteiger partial charge in [-0.05, 0) is 43.0 Å². The molecule has 1 fully saturated rings. The predicted molar refractivity (Wildman–Crippen MR) is 88.1 cm³/mol. The van der Waals surface area contributed by atoms with Crippen LogP contribution >= 0.6 is 0 Å². The summed E-state index contributed by atoms with van der Waals surface area (Å²) in [5, 5.41) is 2.62. The summed E-state index contributed by atoms with van der Waals surface area (Å²) < 4.78 is 39.9. The number of likely N-dealkylation sites (tertiary alicyclic amines) is 1. The topological polar surface area (TPSA) is 45.2 Å². The molecule has 3 rings (SSSR count). The van der Waals surface area contributed by atoms with Crippen molar-refractivity contribution in [2.45, 2.75) is 19.8 Å². The van der Waals surface area contributed by atoms with Crippen molar-refractivity contribution in [3.63, 3.8) is 0 Å². The summed E-state index contributed by atoms with van der Waals surface area (Å²) in [6.07, 6.45) is 3.45. The van der Waals surface area contributed by atoms with Crippen molar-refractivity contribution in [2.75, 3.05) is 18.4 Å². The van der Waals surface area contributed by atoms with Crippen LogP contribution in [0, 0.1) is 23.4 Å². The van der Waals surface area contributed by atoms with Gasteiger partial charge in [0.2, 0.25) is 0 Å². The Balaban J connectivity index is 1.72. The molecule has 2 aromatic rings.